The molecule has 30 heavy (non-hydrogen) atoms. The molecule has 0 radical (unpaired) electrons. The average Bonchev–Trinajstić information content (AvgIpc) is 3.15. The minimum atomic E-state index is -3.59. The summed E-state index contributed by atoms with van der Waals surface area (Å²) in [6.45, 7) is 2.24. The lowest BCUT2D eigenvalue weighted by molar-refractivity contribution is 0.143. The average molecular weight is 442 g/mol. The van der Waals surface area contributed by atoms with Gasteiger partial charge in [-0.2, -0.15) is 9.57 Å². The molecule has 1 saturated heterocycles. The van der Waals surface area contributed by atoms with Crippen molar-refractivity contribution in [1.29, 1.82) is 5.26 Å². The Bertz CT molecular complexity index is 1220. The van der Waals surface area contributed by atoms with Crippen LogP contribution in [0, 0.1) is 16.2 Å². The lowest BCUT2D eigenvalue weighted by Gasteiger charge is -2.33. The predicted octanol–water partition coefficient (Wildman–Crippen LogP) is 2.71. The Morgan fingerprint density at radius 3 is 2.33 bits per heavy atom. The normalized spacial score (nSPS) is 15.7. The van der Waals surface area contributed by atoms with Crippen molar-refractivity contribution in [2.24, 2.45) is 0 Å². The number of aromatic nitrogens is 2. The smallest absolute Gasteiger partial charge is 0.288 e. The molecule has 1 fully saturated rings. The quantitative estimate of drug-likeness (QED) is 0.562. The summed E-state index contributed by atoms with van der Waals surface area (Å²) in [5.41, 5.74) is 1.28. The van der Waals surface area contributed by atoms with E-state index in [0.717, 1.165) is 5.56 Å². The van der Waals surface area contributed by atoms with E-state index in [1.807, 2.05) is 36.4 Å². The lowest BCUT2D eigenvalue weighted by Crippen LogP contribution is -2.48. The Kier molecular flexibility index (Phi) is 5.78. The van der Waals surface area contributed by atoms with Crippen LogP contribution in [0.1, 0.15) is 5.56 Å². The molecule has 8 nitrogen and oxygen atoms in total. The van der Waals surface area contributed by atoms with Crippen molar-refractivity contribution in [3.05, 3.63) is 65.0 Å². The molecule has 0 spiro atoms. The van der Waals surface area contributed by atoms with Crippen LogP contribution in [0.5, 0.6) is 0 Å². The zero-order chi connectivity index (χ0) is 21.1. The molecule has 0 amide bonds. The summed E-state index contributed by atoms with van der Waals surface area (Å²) in [5, 5.41) is 13.3. The summed E-state index contributed by atoms with van der Waals surface area (Å²) >= 11 is 5.29. The fraction of sp³-hybridized carbons (Fsp3) is 0.250. The molecule has 0 saturated carbocycles. The Morgan fingerprint density at radius 2 is 1.70 bits per heavy atom. The third kappa shape index (κ3) is 4.20. The van der Waals surface area contributed by atoms with Crippen molar-refractivity contribution in [2.45, 2.75) is 11.6 Å². The molecule has 0 unspecified atom stereocenters. The second-order valence-electron chi connectivity index (χ2n) is 6.84. The van der Waals surface area contributed by atoms with Crippen molar-refractivity contribution in [1.82, 2.24) is 19.0 Å². The number of nitriles is 1. The van der Waals surface area contributed by atoms with Crippen LogP contribution in [0.4, 0.5) is 0 Å². The molecule has 154 valence electrons. The van der Waals surface area contributed by atoms with Crippen LogP contribution in [0.2, 0.25) is 0 Å². The van der Waals surface area contributed by atoms with Gasteiger partial charge >= 0.3 is 0 Å². The second-order valence-corrected chi connectivity index (χ2v) is 9.13. The molecule has 0 N–H and O–H groups in total. The van der Waals surface area contributed by atoms with Crippen LogP contribution in [-0.2, 0) is 16.7 Å². The predicted molar refractivity (Wildman–Crippen MR) is 112 cm³/mol. The molecular weight excluding hydrogens is 422 g/mol. The molecule has 0 atom stereocenters. The fourth-order valence-electron chi connectivity index (χ4n) is 3.24. The molecule has 3 aromatic rings. The maximum Gasteiger partial charge on any atom is 0.288 e. The molecule has 0 aliphatic carbocycles. The van der Waals surface area contributed by atoms with Crippen molar-refractivity contribution in [3.8, 4) is 17.5 Å². The van der Waals surface area contributed by atoms with Crippen molar-refractivity contribution < 1.29 is 12.8 Å². The summed E-state index contributed by atoms with van der Waals surface area (Å²) in [6, 6.07) is 17.5. The molecule has 0 bridgehead atoms. The van der Waals surface area contributed by atoms with E-state index in [2.05, 4.69) is 10.00 Å². The van der Waals surface area contributed by atoms with Crippen molar-refractivity contribution >= 4 is 22.2 Å². The van der Waals surface area contributed by atoms with E-state index in [4.69, 9.17) is 21.9 Å². The number of sulfonamides is 1. The summed E-state index contributed by atoms with van der Waals surface area (Å²) in [5.74, 6) is 0.461. The highest BCUT2D eigenvalue weighted by Gasteiger charge is 2.28. The summed E-state index contributed by atoms with van der Waals surface area (Å²) in [4.78, 5) is 2.56. The summed E-state index contributed by atoms with van der Waals surface area (Å²) in [6.07, 6.45) is 0. The zero-order valence-corrected chi connectivity index (χ0v) is 17.6. The minimum Gasteiger partial charge on any atom is -0.409 e. The number of nitrogens with zero attached hydrogens (tertiary/aromatic N) is 5. The monoisotopic (exact) mass is 441 g/mol. The third-order valence-corrected chi connectivity index (χ3v) is 7.12. The molecule has 1 aliphatic rings. The van der Waals surface area contributed by atoms with Gasteiger partial charge in [-0.3, -0.25) is 4.90 Å². The first kappa shape index (κ1) is 20.4. The van der Waals surface area contributed by atoms with Crippen LogP contribution >= 0.6 is 12.2 Å². The van der Waals surface area contributed by atoms with E-state index >= 15 is 0 Å². The van der Waals surface area contributed by atoms with Gasteiger partial charge in [-0.05, 0) is 48.6 Å². The van der Waals surface area contributed by atoms with Crippen LogP contribution in [0.3, 0.4) is 0 Å². The largest absolute Gasteiger partial charge is 0.409 e. The van der Waals surface area contributed by atoms with Crippen LogP contribution in [0.25, 0.3) is 11.5 Å². The van der Waals surface area contributed by atoms with Gasteiger partial charge in [0, 0.05) is 31.7 Å². The molecule has 4 rings (SSSR count). The molecule has 10 heteroatoms. The Morgan fingerprint density at radius 1 is 1.03 bits per heavy atom. The Balaban J connectivity index is 1.41. The number of hydrogen-bond acceptors (Lipinski definition) is 7. The highest BCUT2D eigenvalue weighted by Crippen LogP contribution is 2.20. The van der Waals surface area contributed by atoms with Gasteiger partial charge < -0.3 is 4.42 Å². The summed E-state index contributed by atoms with van der Waals surface area (Å²) in [7, 11) is -3.59. The van der Waals surface area contributed by atoms with E-state index in [0.29, 0.717) is 44.3 Å². The lowest BCUT2D eigenvalue weighted by atomic mass is 10.2. The van der Waals surface area contributed by atoms with Crippen molar-refractivity contribution in [3.63, 3.8) is 0 Å². The number of piperazine rings is 1. The molecule has 1 aromatic heterocycles. The first-order chi connectivity index (χ1) is 14.5. The Hall–Kier alpha value is -2.84. The number of rotatable bonds is 5. The van der Waals surface area contributed by atoms with Gasteiger partial charge in [0.2, 0.25) is 15.9 Å². The zero-order valence-electron chi connectivity index (χ0n) is 16.0. The number of hydrogen-bond donors (Lipinski definition) is 0. The van der Waals surface area contributed by atoms with Gasteiger partial charge in [-0.15, -0.1) is 5.10 Å². The standard InChI is InChI=1S/C20H19N5O3S2/c21-14-16-6-8-18(9-7-16)30(26,27)24-12-10-23(11-13-24)15-25-20(29)28-19(22-25)17-4-2-1-3-5-17/h1-9H,10-13,15H2. The minimum absolute atomic E-state index is 0.196. The van der Waals surface area contributed by atoms with Gasteiger partial charge in [0.1, 0.15) is 0 Å². The number of benzene rings is 2. The van der Waals surface area contributed by atoms with Crippen LogP contribution in [-0.4, -0.2) is 53.6 Å². The molecular formula is C20H19N5O3S2. The highest BCUT2D eigenvalue weighted by atomic mass is 32.2. The molecule has 2 aromatic carbocycles. The van der Waals surface area contributed by atoms with E-state index in [1.165, 1.54) is 28.6 Å². The first-order valence-electron chi connectivity index (χ1n) is 9.33. The van der Waals surface area contributed by atoms with E-state index < -0.39 is 10.0 Å². The second kappa shape index (κ2) is 8.49. The fourth-order valence-corrected chi connectivity index (χ4v) is 4.84. The third-order valence-electron chi connectivity index (χ3n) is 4.91. The summed E-state index contributed by atoms with van der Waals surface area (Å²) < 4.78 is 34.4. The molecule has 2 heterocycles. The van der Waals surface area contributed by atoms with Gasteiger partial charge in [0.15, 0.2) is 0 Å². The van der Waals surface area contributed by atoms with Gasteiger partial charge in [0.25, 0.3) is 4.84 Å². The SMILES string of the molecule is N#Cc1ccc(S(=O)(=O)N2CCN(Cn3nc(-c4ccccc4)oc3=S)CC2)cc1. The maximum absolute atomic E-state index is 12.8. The van der Waals surface area contributed by atoms with E-state index in [9.17, 15) is 8.42 Å². The van der Waals surface area contributed by atoms with Gasteiger partial charge in [0.05, 0.1) is 23.2 Å². The first-order valence-corrected chi connectivity index (χ1v) is 11.2. The molecule has 1 aliphatic heterocycles. The van der Waals surface area contributed by atoms with Gasteiger partial charge in [-0.25, -0.2) is 13.1 Å². The topological polar surface area (TPSA) is 95.4 Å². The van der Waals surface area contributed by atoms with Crippen LogP contribution in [0.15, 0.2) is 63.9 Å². The van der Waals surface area contributed by atoms with Gasteiger partial charge in [-0.1, -0.05) is 18.2 Å². The van der Waals surface area contributed by atoms with Crippen molar-refractivity contribution in [2.75, 3.05) is 26.2 Å². The van der Waals surface area contributed by atoms with E-state index in [-0.39, 0.29) is 9.73 Å². The Labute approximate surface area is 179 Å². The van der Waals surface area contributed by atoms with E-state index in [1.54, 1.807) is 4.68 Å². The van der Waals surface area contributed by atoms with Crippen LogP contribution < -0.4 is 0 Å². The maximum atomic E-state index is 12.8. The highest BCUT2D eigenvalue weighted by molar-refractivity contribution is 7.89.